The number of aromatic nitrogens is 5. The minimum atomic E-state index is -5.73. The molecule has 0 fully saturated rings. The number of imidazole rings is 2. The van der Waals surface area contributed by atoms with E-state index < -0.39 is 17.8 Å². The summed E-state index contributed by atoms with van der Waals surface area (Å²) in [6.45, 7) is 1.95. The second-order valence-corrected chi connectivity index (χ2v) is 6.74. The van der Waals surface area contributed by atoms with Gasteiger partial charge < -0.3 is 14.1 Å². The molecule has 0 spiro atoms. The van der Waals surface area contributed by atoms with Crippen LogP contribution in [0.4, 0.5) is 22.0 Å². The van der Waals surface area contributed by atoms with Crippen LogP contribution in [0.5, 0.6) is 0 Å². The van der Waals surface area contributed by atoms with Crippen molar-refractivity contribution in [2.45, 2.75) is 24.0 Å². The summed E-state index contributed by atoms with van der Waals surface area (Å²) >= 11 is 2.34. The van der Waals surface area contributed by atoms with Gasteiger partial charge in [-0.1, -0.05) is 11.9 Å². The average Bonchev–Trinajstić information content (AvgIpc) is 3.16. The monoisotopic (exact) mass is 489 g/mol. The van der Waals surface area contributed by atoms with Crippen molar-refractivity contribution in [1.29, 1.82) is 0 Å². The molecule has 3 aromatic heterocycles. The third kappa shape index (κ3) is 4.04. The number of alkyl halides is 5. The van der Waals surface area contributed by atoms with Gasteiger partial charge in [-0.05, 0) is 24.6 Å². The van der Waals surface area contributed by atoms with Gasteiger partial charge in [0.1, 0.15) is 5.69 Å². The third-order valence-electron chi connectivity index (χ3n) is 3.76. The molecule has 0 atom stereocenters. The zero-order valence-electron chi connectivity index (χ0n) is 15.0. The first-order valence-corrected chi connectivity index (χ1v) is 12.6. The van der Waals surface area contributed by atoms with Gasteiger partial charge in [0.2, 0.25) is 0 Å². The van der Waals surface area contributed by atoms with Crippen molar-refractivity contribution in [2.75, 3.05) is 5.75 Å². The molecule has 3 aromatic rings. The Morgan fingerprint density at radius 1 is 1.21 bits per heavy atom. The number of pyridine rings is 1. The molecule has 28 heavy (non-hydrogen) atoms. The van der Waals surface area contributed by atoms with Gasteiger partial charge >= 0.3 is 39.1 Å². The van der Waals surface area contributed by atoms with E-state index in [0.29, 0.717) is 23.1 Å². The maximum absolute atomic E-state index is 13.5. The Balaban J connectivity index is 0.00000136. The van der Waals surface area contributed by atoms with Crippen LogP contribution in [0.1, 0.15) is 12.6 Å². The van der Waals surface area contributed by atoms with E-state index in [1.165, 1.54) is 11.8 Å². The molecule has 0 bridgehead atoms. The number of aryl methyl sites for hydroxylation is 2. The van der Waals surface area contributed by atoms with Crippen molar-refractivity contribution in [3.8, 4) is 11.5 Å². The number of thioether (sulfide) groups is 1. The molecular weight excluding hydrogens is 478 g/mol. The van der Waals surface area contributed by atoms with Crippen LogP contribution in [0, 0.1) is 6.33 Å². The second-order valence-electron chi connectivity index (χ2n) is 5.48. The van der Waals surface area contributed by atoms with Gasteiger partial charge in [-0.25, -0.2) is 4.98 Å². The SMILES string of the molecule is CCSc1c(-c2nc3cc(C(F)(F)C(F)(F)F)ncc3n2C)n[c-]n1C.[Cl][Zn+]. The fourth-order valence-electron chi connectivity index (χ4n) is 2.44. The summed E-state index contributed by atoms with van der Waals surface area (Å²) in [5, 5.41) is 0.764. The molecule has 0 saturated heterocycles. The van der Waals surface area contributed by atoms with E-state index in [9.17, 15) is 22.0 Å². The Labute approximate surface area is 175 Å². The van der Waals surface area contributed by atoms with Crippen molar-refractivity contribution in [2.24, 2.45) is 14.1 Å². The summed E-state index contributed by atoms with van der Waals surface area (Å²) in [4.78, 5) is 11.7. The summed E-state index contributed by atoms with van der Waals surface area (Å²) in [7, 11) is 8.13. The first-order chi connectivity index (χ1) is 13.1. The zero-order valence-corrected chi connectivity index (χ0v) is 19.5. The fraction of sp³-hybridized carbons (Fsp3) is 0.400. The van der Waals surface area contributed by atoms with E-state index in [1.807, 2.05) is 6.92 Å². The summed E-state index contributed by atoms with van der Waals surface area (Å²) in [5.74, 6) is -3.96. The molecule has 0 aliphatic carbocycles. The van der Waals surface area contributed by atoms with Crippen LogP contribution in [0.25, 0.3) is 22.6 Å². The molecule has 0 N–H and O–H groups in total. The Morgan fingerprint density at radius 3 is 2.43 bits per heavy atom. The van der Waals surface area contributed by atoms with Crippen LogP contribution in [0.15, 0.2) is 17.3 Å². The predicted molar refractivity (Wildman–Crippen MR) is 91.7 cm³/mol. The van der Waals surface area contributed by atoms with Crippen LogP contribution in [0.3, 0.4) is 0 Å². The molecule has 0 radical (unpaired) electrons. The van der Waals surface area contributed by atoms with E-state index in [1.54, 1.807) is 23.2 Å². The summed E-state index contributed by atoms with van der Waals surface area (Å²) in [6.07, 6.45) is -2.02. The molecule has 13 heteroatoms. The van der Waals surface area contributed by atoms with Crippen LogP contribution < -0.4 is 0 Å². The molecule has 148 valence electrons. The van der Waals surface area contributed by atoms with E-state index in [-0.39, 0.29) is 5.52 Å². The Hall–Kier alpha value is -1.26. The molecular formula is C15H13ClF5N5SZn. The van der Waals surface area contributed by atoms with Gasteiger partial charge in [0.25, 0.3) is 0 Å². The van der Waals surface area contributed by atoms with Crippen molar-refractivity contribution in [3.63, 3.8) is 0 Å². The van der Waals surface area contributed by atoms with Gasteiger partial charge in [0.05, 0.1) is 23.1 Å². The Kier molecular flexibility index (Phi) is 7.09. The molecule has 0 aromatic carbocycles. The van der Waals surface area contributed by atoms with E-state index >= 15 is 0 Å². The molecule has 0 aliphatic rings. The van der Waals surface area contributed by atoms with Crippen molar-refractivity contribution >= 4 is 32.5 Å². The number of hydrogen-bond donors (Lipinski definition) is 0. The summed E-state index contributed by atoms with van der Waals surface area (Å²) in [5.41, 5.74) is -0.616. The second kappa shape index (κ2) is 8.63. The average molecular weight is 491 g/mol. The van der Waals surface area contributed by atoms with Crippen LogP contribution in [-0.4, -0.2) is 36.0 Å². The molecule has 3 heterocycles. The van der Waals surface area contributed by atoms with Gasteiger partial charge in [-0.2, -0.15) is 33.7 Å². The minimum absolute atomic E-state index is 0.0190. The topological polar surface area (TPSA) is 48.5 Å². The first kappa shape index (κ1) is 23.0. The third-order valence-corrected chi connectivity index (χ3v) is 4.79. The summed E-state index contributed by atoms with van der Waals surface area (Å²) < 4.78 is 68.0. The number of halogens is 6. The van der Waals surface area contributed by atoms with Crippen molar-refractivity contribution in [1.82, 2.24) is 24.1 Å². The predicted octanol–water partition coefficient (Wildman–Crippen LogP) is 4.62. The van der Waals surface area contributed by atoms with E-state index in [0.717, 1.165) is 34.3 Å². The van der Waals surface area contributed by atoms with Crippen molar-refractivity contribution in [3.05, 3.63) is 24.3 Å². The van der Waals surface area contributed by atoms with E-state index in [2.05, 4.69) is 21.3 Å². The molecule has 0 saturated carbocycles. The number of fused-ring (bicyclic) bond motifs is 1. The standard InChI is InChI=1S/C15H13F5N5S.ClH.Zn/c1-4-26-13-11(22-7-24(13)2)12-23-8-5-10(14(16,17)15(18,19)20)21-6-9(8)25(12)3;;/h5-6H,4H2,1-3H3;1H;/q-1;;+2/p-1. The number of nitrogens with zero attached hydrogens (tertiary/aromatic N) is 5. The Morgan fingerprint density at radius 2 is 1.86 bits per heavy atom. The summed E-state index contributed by atoms with van der Waals surface area (Å²) in [6, 6.07) is 0.658. The molecule has 0 amide bonds. The van der Waals surface area contributed by atoms with Gasteiger partial charge in [-0.3, -0.25) is 4.98 Å². The number of hydrogen-bond acceptors (Lipinski definition) is 4. The Bertz CT molecular complexity index is 972. The van der Waals surface area contributed by atoms with Gasteiger partial charge in [-0.15, -0.1) is 0 Å². The zero-order chi connectivity index (χ0) is 21.3. The molecule has 5 nitrogen and oxygen atoms in total. The number of rotatable bonds is 4. The van der Waals surface area contributed by atoms with Crippen molar-refractivity contribution < 1.29 is 39.3 Å². The molecule has 0 unspecified atom stereocenters. The van der Waals surface area contributed by atoms with Crippen LogP contribution in [-0.2, 0) is 37.3 Å². The maximum atomic E-state index is 13.5. The fourth-order valence-corrected chi connectivity index (χ4v) is 3.22. The molecule has 0 aliphatic heterocycles. The first-order valence-electron chi connectivity index (χ1n) is 7.69. The van der Waals surface area contributed by atoms with Crippen LogP contribution >= 0.6 is 21.5 Å². The van der Waals surface area contributed by atoms with Gasteiger partial charge in [0.15, 0.2) is 0 Å². The van der Waals surface area contributed by atoms with Crippen LogP contribution in [0.2, 0.25) is 0 Å². The quantitative estimate of drug-likeness (QED) is 0.231. The van der Waals surface area contributed by atoms with Gasteiger partial charge in [0, 0.05) is 13.4 Å². The molecule has 3 rings (SSSR count). The van der Waals surface area contributed by atoms with E-state index in [4.69, 9.17) is 9.69 Å². The normalized spacial score (nSPS) is 12.2.